The van der Waals surface area contributed by atoms with Crippen LogP contribution in [0.15, 0.2) is 48.7 Å². The largest absolute Gasteiger partial charge is 0.483 e. The smallest absolute Gasteiger partial charge is 0.337 e. The number of esters is 1. The summed E-state index contributed by atoms with van der Waals surface area (Å²) in [5.74, 6) is -1.11. The summed E-state index contributed by atoms with van der Waals surface area (Å²) in [6.07, 6.45) is -0.150. The summed E-state index contributed by atoms with van der Waals surface area (Å²) < 4.78 is 29.2. The Hall–Kier alpha value is -4.43. The van der Waals surface area contributed by atoms with Crippen LogP contribution >= 0.6 is 0 Å². The number of ether oxygens (including phenoxy) is 3. The van der Waals surface area contributed by atoms with Crippen LogP contribution in [0.3, 0.4) is 0 Å². The molecule has 0 saturated carbocycles. The van der Waals surface area contributed by atoms with Gasteiger partial charge in [-0.15, -0.1) is 0 Å². The molecule has 4 N–H and O–H groups in total. The number of benzene rings is 2. The number of rotatable bonds is 8. The lowest BCUT2D eigenvalue weighted by atomic mass is 10.2. The van der Waals surface area contributed by atoms with E-state index in [9.17, 15) is 14.3 Å². The van der Waals surface area contributed by atoms with Crippen LogP contribution < -0.4 is 20.5 Å². The quantitative estimate of drug-likeness (QED) is 0.270. The van der Waals surface area contributed by atoms with Crippen molar-refractivity contribution in [1.82, 2.24) is 9.97 Å². The maximum atomic E-state index is 13.9. The number of aliphatic hydroxyl groups is 1. The van der Waals surface area contributed by atoms with E-state index >= 15 is 0 Å². The van der Waals surface area contributed by atoms with Gasteiger partial charge in [-0.05, 0) is 36.4 Å². The number of nitrogens with zero attached hydrogens (tertiary/aromatic N) is 3. The molecule has 0 radical (unpaired) electrons. The molecule has 10 nitrogen and oxygen atoms in total. The fourth-order valence-corrected chi connectivity index (χ4v) is 2.56. The zero-order valence-electron chi connectivity index (χ0n) is 16.8. The number of nitrogens with one attached hydrogen (secondary N) is 1. The average molecular weight is 439 g/mol. The summed E-state index contributed by atoms with van der Waals surface area (Å²) in [5.41, 5.74) is 6.81. The number of hydrogen-bond acceptors (Lipinski definition) is 10. The van der Waals surface area contributed by atoms with Crippen LogP contribution in [-0.4, -0.2) is 34.6 Å². The van der Waals surface area contributed by atoms with E-state index in [1.54, 1.807) is 0 Å². The zero-order chi connectivity index (χ0) is 23.1. The first-order valence-electron chi connectivity index (χ1n) is 9.13. The Bertz CT molecular complexity index is 1170. The molecule has 0 aliphatic rings. The number of nitrogens with two attached hydrogens (primary N) is 1. The molecule has 11 heteroatoms. The maximum absolute atomic E-state index is 13.9. The van der Waals surface area contributed by atoms with Gasteiger partial charge >= 0.3 is 5.97 Å². The van der Waals surface area contributed by atoms with Gasteiger partial charge in [0.2, 0.25) is 5.88 Å². The Labute approximate surface area is 182 Å². The molecule has 0 bridgehead atoms. The first-order valence-corrected chi connectivity index (χ1v) is 9.13. The highest BCUT2D eigenvalue weighted by molar-refractivity contribution is 5.91. The molecule has 32 heavy (non-hydrogen) atoms. The second-order valence-electron chi connectivity index (χ2n) is 6.26. The van der Waals surface area contributed by atoms with Gasteiger partial charge in [-0.1, -0.05) is 0 Å². The predicted molar refractivity (Wildman–Crippen MR) is 110 cm³/mol. The average Bonchev–Trinajstić information content (AvgIpc) is 2.79. The first kappa shape index (κ1) is 22.3. The summed E-state index contributed by atoms with van der Waals surface area (Å²) in [6.45, 7) is -0.175. The van der Waals surface area contributed by atoms with E-state index in [1.165, 1.54) is 49.7 Å². The Morgan fingerprint density at radius 3 is 2.81 bits per heavy atom. The number of hydrogen-bond donors (Lipinski definition) is 3. The minimum atomic E-state index is -1.53. The molecule has 1 aromatic heterocycles. The summed E-state index contributed by atoms with van der Waals surface area (Å²) in [5, 5.41) is 21.5. The van der Waals surface area contributed by atoms with E-state index in [2.05, 4.69) is 20.0 Å². The lowest BCUT2D eigenvalue weighted by Crippen LogP contribution is -2.26. The minimum absolute atomic E-state index is 0.0173. The molecule has 3 rings (SSSR count). The van der Waals surface area contributed by atoms with Crippen molar-refractivity contribution in [2.45, 2.75) is 13.0 Å². The minimum Gasteiger partial charge on any atom is -0.483 e. The molecule has 3 aromatic rings. The van der Waals surface area contributed by atoms with Crippen molar-refractivity contribution in [2.75, 3.05) is 18.2 Å². The van der Waals surface area contributed by atoms with Crippen molar-refractivity contribution in [2.24, 2.45) is 0 Å². The van der Waals surface area contributed by atoms with Gasteiger partial charge in [-0.2, -0.15) is 10.2 Å². The molecule has 2 aromatic carbocycles. The molecule has 1 heterocycles. The molecule has 0 fully saturated rings. The Morgan fingerprint density at radius 2 is 2.12 bits per heavy atom. The Kier molecular flexibility index (Phi) is 6.99. The second kappa shape index (κ2) is 10.1. The van der Waals surface area contributed by atoms with Gasteiger partial charge in [0.05, 0.1) is 35.7 Å². The number of carbonyl (C=O) groups excluding carboxylic acids is 1. The van der Waals surface area contributed by atoms with Crippen LogP contribution in [0.25, 0.3) is 0 Å². The summed E-state index contributed by atoms with van der Waals surface area (Å²) >= 11 is 0. The van der Waals surface area contributed by atoms with Gasteiger partial charge in [0.1, 0.15) is 6.61 Å². The first-order chi connectivity index (χ1) is 15.4. The van der Waals surface area contributed by atoms with E-state index in [0.717, 1.165) is 6.07 Å². The van der Waals surface area contributed by atoms with E-state index in [4.69, 9.17) is 20.5 Å². The number of nitrogen functional groups attached to an aromatic ring is 1. The molecular weight excluding hydrogens is 421 g/mol. The standard InChI is InChI=1S/C21H18FN5O5/c1-30-20(28)13-3-4-16(15(24)9-13)26-21(29)32-19-6-7-25-18(27-19)11-31-17-5-2-12(10-23)8-14(17)22/h2-9,21,26,29H,11,24H2,1H3. The van der Waals surface area contributed by atoms with Gasteiger partial charge in [-0.3, -0.25) is 0 Å². The predicted octanol–water partition coefficient (Wildman–Crippen LogP) is 2.20. The van der Waals surface area contributed by atoms with Crippen LogP contribution in [0.4, 0.5) is 15.8 Å². The zero-order valence-corrected chi connectivity index (χ0v) is 16.8. The van der Waals surface area contributed by atoms with Crippen LogP contribution in [0.5, 0.6) is 11.6 Å². The van der Waals surface area contributed by atoms with Crippen molar-refractivity contribution < 1.29 is 28.5 Å². The number of anilines is 2. The van der Waals surface area contributed by atoms with Crippen LogP contribution in [0, 0.1) is 17.1 Å². The van der Waals surface area contributed by atoms with Crippen molar-refractivity contribution in [3.63, 3.8) is 0 Å². The van der Waals surface area contributed by atoms with E-state index in [1.807, 2.05) is 6.07 Å². The highest BCUT2D eigenvalue weighted by Gasteiger charge is 2.13. The van der Waals surface area contributed by atoms with Crippen LogP contribution in [0.2, 0.25) is 0 Å². The molecule has 0 amide bonds. The third kappa shape index (κ3) is 5.59. The number of aliphatic hydroxyl groups excluding tert-OH is 1. The molecule has 1 atom stereocenters. The van der Waals surface area contributed by atoms with E-state index < -0.39 is 18.2 Å². The fraction of sp³-hybridized carbons (Fsp3) is 0.143. The van der Waals surface area contributed by atoms with E-state index in [0.29, 0.717) is 5.69 Å². The summed E-state index contributed by atoms with van der Waals surface area (Å²) in [4.78, 5) is 19.6. The highest BCUT2D eigenvalue weighted by Crippen LogP contribution is 2.22. The molecule has 164 valence electrons. The van der Waals surface area contributed by atoms with E-state index in [-0.39, 0.29) is 40.9 Å². The maximum Gasteiger partial charge on any atom is 0.337 e. The molecule has 0 aliphatic carbocycles. The van der Waals surface area contributed by atoms with Crippen molar-refractivity contribution >= 4 is 17.3 Å². The SMILES string of the molecule is COC(=O)c1ccc(NC(O)Oc2ccnc(COc3ccc(C#N)cc3F)n2)c(N)c1. The molecule has 0 saturated heterocycles. The monoisotopic (exact) mass is 439 g/mol. The number of nitriles is 1. The van der Waals surface area contributed by atoms with Gasteiger partial charge < -0.3 is 30.4 Å². The van der Waals surface area contributed by atoms with Gasteiger partial charge in [-0.25, -0.2) is 14.2 Å². The normalized spacial score (nSPS) is 11.2. The lowest BCUT2D eigenvalue weighted by Gasteiger charge is -2.17. The van der Waals surface area contributed by atoms with Crippen LogP contribution in [0.1, 0.15) is 21.7 Å². The number of aromatic nitrogens is 2. The summed E-state index contributed by atoms with van der Waals surface area (Å²) in [6, 6.07) is 11.4. The van der Waals surface area contributed by atoms with Crippen molar-refractivity contribution in [3.8, 4) is 17.7 Å². The number of halogens is 1. The Balaban J connectivity index is 1.61. The number of methoxy groups -OCH3 is 1. The third-order valence-corrected chi connectivity index (χ3v) is 4.08. The molecule has 1 unspecified atom stereocenters. The molecule has 0 spiro atoms. The van der Waals surface area contributed by atoms with Crippen molar-refractivity contribution in [3.05, 3.63) is 71.4 Å². The van der Waals surface area contributed by atoms with Gasteiger partial charge in [0.15, 0.2) is 17.4 Å². The molecular formula is C21H18FN5O5. The lowest BCUT2D eigenvalue weighted by molar-refractivity contribution is 0.00391. The summed E-state index contributed by atoms with van der Waals surface area (Å²) in [7, 11) is 1.25. The second-order valence-corrected chi connectivity index (χ2v) is 6.26. The third-order valence-electron chi connectivity index (χ3n) is 4.08. The fourth-order valence-electron chi connectivity index (χ4n) is 2.56. The van der Waals surface area contributed by atoms with Crippen molar-refractivity contribution in [1.29, 1.82) is 5.26 Å². The topological polar surface area (TPSA) is 153 Å². The highest BCUT2D eigenvalue weighted by atomic mass is 19.1. The van der Waals surface area contributed by atoms with Gasteiger partial charge in [0.25, 0.3) is 6.41 Å². The number of carbonyl (C=O) groups is 1. The molecule has 0 aliphatic heterocycles. The van der Waals surface area contributed by atoms with Crippen LogP contribution in [-0.2, 0) is 11.3 Å². The van der Waals surface area contributed by atoms with Gasteiger partial charge in [0, 0.05) is 12.3 Å². The Morgan fingerprint density at radius 1 is 1.31 bits per heavy atom.